The van der Waals surface area contributed by atoms with Crippen LogP contribution in [0.15, 0.2) is 48.7 Å². The number of hydrogen-bond acceptors (Lipinski definition) is 3. The minimum atomic E-state index is -0.158. The van der Waals surface area contributed by atoms with E-state index in [0.29, 0.717) is 17.3 Å². The number of nitrogens with one attached hydrogen (secondary N) is 1. The van der Waals surface area contributed by atoms with Crippen LogP contribution in [0.2, 0.25) is 0 Å². The second-order valence-corrected chi connectivity index (χ2v) is 9.21. The average molecular weight is 403 g/mol. The summed E-state index contributed by atoms with van der Waals surface area (Å²) in [5.74, 6) is 1.00. The van der Waals surface area contributed by atoms with Crippen molar-refractivity contribution >= 4 is 23.4 Å². The standard InChI is InChI=1S/C25H30N4O/c1-25(2,3)20-12-10-19(11-13-20)24(30)28-22-17-21(29-23(27-22)15-16-26-29)14-9-18-7-5-4-6-8-18/h9-18H,4-8H2,1-3H3,(H,27,28,30). The van der Waals surface area contributed by atoms with Crippen LogP contribution in [0, 0.1) is 5.92 Å². The van der Waals surface area contributed by atoms with Crippen molar-refractivity contribution in [3.8, 4) is 0 Å². The summed E-state index contributed by atoms with van der Waals surface area (Å²) in [5.41, 5.74) is 3.53. The van der Waals surface area contributed by atoms with E-state index in [1.54, 1.807) is 6.20 Å². The SMILES string of the molecule is CC(C)(C)c1ccc(C(=O)Nc2cc(C=CC3CCCCC3)n3nccc3n2)cc1. The highest BCUT2D eigenvalue weighted by molar-refractivity contribution is 6.04. The first-order valence-electron chi connectivity index (χ1n) is 10.8. The van der Waals surface area contributed by atoms with Crippen LogP contribution < -0.4 is 5.32 Å². The van der Waals surface area contributed by atoms with Gasteiger partial charge in [-0.15, -0.1) is 0 Å². The van der Waals surface area contributed by atoms with Gasteiger partial charge in [0, 0.05) is 17.7 Å². The van der Waals surface area contributed by atoms with E-state index in [-0.39, 0.29) is 11.3 Å². The van der Waals surface area contributed by atoms with Crippen LogP contribution >= 0.6 is 0 Å². The molecule has 5 heteroatoms. The van der Waals surface area contributed by atoms with Gasteiger partial charge in [-0.2, -0.15) is 5.10 Å². The van der Waals surface area contributed by atoms with E-state index < -0.39 is 0 Å². The van der Waals surface area contributed by atoms with Crippen molar-refractivity contribution in [2.75, 3.05) is 5.32 Å². The molecule has 1 N–H and O–H groups in total. The molecule has 2 heterocycles. The van der Waals surface area contributed by atoms with Crippen LogP contribution in [0.3, 0.4) is 0 Å². The fraction of sp³-hybridized carbons (Fsp3) is 0.400. The number of allylic oxidation sites excluding steroid dienone is 1. The number of rotatable bonds is 4. The lowest BCUT2D eigenvalue weighted by molar-refractivity contribution is 0.102. The van der Waals surface area contributed by atoms with Crippen LogP contribution in [-0.2, 0) is 5.41 Å². The fourth-order valence-corrected chi connectivity index (χ4v) is 3.99. The molecule has 1 aliphatic carbocycles. The number of aromatic nitrogens is 3. The summed E-state index contributed by atoms with van der Waals surface area (Å²) in [6.07, 6.45) is 12.6. The molecule has 5 nitrogen and oxygen atoms in total. The van der Waals surface area contributed by atoms with E-state index in [1.807, 2.05) is 40.9 Å². The second kappa shape index (κ2) is 8.42. The highest BCUT2D eigenvalue weighted by Gasteiger charge is 2.15. The van der Waals surface area contributed by atoms with E-state index in [2.05, 4.69) is 48.3 Å². The summed E-state index contributed by atoms with van der Waals surface area (Å²) >= 11 is 0. The van der Waals surface area contributed by atoms with Crippen molar-refractivity contribution in [3.05, 3.63) is 65.5 Å². The van der Waals surface area contributed by atoms with Gasteiger partial charge in [0.05, 0.1) is 11.9 Å². The quantitative estimate of drug-likeness (QED) is 0.593. The zero-order valence-electron chi connectivity index (χ0n) is 18.1. The summed E-state index contributed by atoms with van der Waals surface area (Å²) in [5, 5.41) is 7.34. The summed E-state index contributed by atoms with van der Waals surface area (Å²) in [4.78, 5) is 17.3. The molecular weight excluding hydrogens is 372 g/mol. The molecule has 0 atom stereocenters. The topological polar surface area (TPSA) is 59.3 Å². The summed E-state index contributed by atoms with van der Waals surface area (Å²) in [6, 6.07) is 11.5. The van der Waals surface area contributed by atoms with Crippen LogP contribution in [0.4, 0.5) is 5.82 Å². The van der Waals surface area contributed by atoms with Crippen LogP contribution in [0.1, 0.15) is 74.5 Å². The van der Waals surface area contributed by atoms with E-state index in [4.69, 9.17) is 0 Å². The smallest absolute Gasteiger partial charge is 0.256 e. The lowest BCUT2D eigenvalue weighted by Crippen LogP contribution is -2.15. The van der Waals surface area contributed by atoms with Crippen molar-refractivity contribution in [3.63, 3.8) is 0 Å². The van der Waals surface area contributed by atoms with Gasteiger partial charge in [-0.1, -0.05) is 58.2 Å². The Hall–Kier alpha value is -2.95. The Kier molecular flexibility index (Phi) is 5.71. The number of amides is 1. The van der Waals surface area contributed by atoms with Crippen molar-refractivity contribution in [2.45, 2.75) is 58.3 Å². The molecule has 1 fully saturated rings. The maximum absolute atomic E-state index is 12.8. The number of nitrogens with zero attached hydrogens (tertiary/aromatic N) is 3. The van der Waals surface area contributed by atoms with Crippen LogP contribution in [-0.4, -0.2) is 20.5 Å². The first kappa shape index (κ1) is 20.3. The second-order valence-electron chi connectivity index (χ2n) is 9.21. The number of benzene rings is 1. The Morgan fingerprint density at radius 1 is 1.10 bits per heavy atom. The molecule has 3 aromatic rings. The number of anilines is 1. The highest BCUT2D eigenvalue weighted by Crippen LogP contribution is 2.26. The molecule has 2 aromatic heterocycles. The number of fused-ring (bicyclic) bond motifs is 1. The van der Waals surface area contributed by atoms with Gasteiger partial charge in [0.15, 0.2) is 5.65 Å². The molecule has 1 amide bonds. The monoisotopic (exact) mass is 402 g/mol. The third-order valence-electron chi connectivity index (χ3n) is 5.83. The minimum Gasteiger partial charge on any atom is -0.306 e. The average Bonchev–Trinajstić information content (AvgIpc) is 3.21. The molecule has 0 radical (unpaired) electrons. The fourth-order valence-electron chi connectivity index (χ4n) is 3.99. The Morgan fingerprint density at radius 3 is 2.53 bits per heavy atom. The van der Waals surface area contributed by atoms with Crippen LogP contribution in [0.5, 0.6) is 0 Å². The van der Waals surface area contributed by atoms with Gasteiger partial charge in [0.2, 0.25) is 0 Å². The largest absolute Gasteiger partial charge is 0.306 e. The third kappa shape index (κ3) is 4.61. The maximum atomic E-state index is 12.8. The first-order valence-corrected chi connectivity index (χ1v) is 10.8. The molecule has 0 aliphatic heterocycles. The Balaban J connectivity index is 1.55. The predicted octanol–water partition coefficient (Wildman–Crippen LogP) is 5.87. The third-order valence-corrected chi connectivity index (χ3v) is 5.83. The molecule has 0 bridgehead atoms. The zero-order valence-corrected chi connectivity index (χ0v) is 18.1. The molecule has 1 saturated carbocycles. The van der Waals surface area contributed by atoms with Gasteiger partial charge in [0.1, 0.15) is 5.82 Å². The Morgan fingerprint density at radius 2 is 1.83 bits per heavy atom. The van der Waals surface area contributed by atoms with Crippen molar-refractivity contribution < 1.29 is 4.79 Å². The lowest BCUT2D eigenvalue weighted by atomic mass is 9.87. The van der Waals surface area contributed by atoms with Crippen molar-refractivity contribution in [1.29, 1.82) is 0 Å². The van der Waals surface area contributed by atoms with Gasteiger partial charge in [-0.3, -0.25) is 4.79 Å². The minimum absolute atomic E-state index is 0.0587. The molecular formula is C25H30N4O. The van der Waals surface area contributed by atoms with Gasteiger partial charge >= 0.3 is 0 Å². The number of carbonyl (C=O) groups excluding carboxylic acids is 1. The molecule has 4 rings (SSSR count). The van der Waals surface area contributed by atoms with Crippen molar-refractivity contribution in [2.24, 2.45) is 5.92 Å². The summed E-state index contributed by atoms with van der Waals surface area (Å²) in [6.45, 7) is 6.49. The summed E-state index contributed by atoms with van der Waals surface area (Å²) in [7, 11) is 0. The number of hydrogen-bond donors (Lipinski definition) is 1. The maximum Gasteiger partial charge on any atom is 0.256 e. The lowest BCUT2D eigenvalue weighted by Gasteiger charge is -2.19. The highest BCUT2D eigenvalue weighted by atomic mass is 16.1. The van der Waals surface area contributed by atoms with Gasteiger partial charge in [-0.25, -0.2) is 9.50 Å². The molecule has 0 spiro atoms. The van der Waals surface area contributed by atoms with Crippen molar-refractivity contribution in [1.82, 2.24) is 14.6 Å². The molecule has 1 aromatic carbocycles. The zero-order chi connectivity index (χ0) is 21.1. The Bertz CT molecular complexity index is 1050. The Labute approximate surface area is 178 Å². The van der Waals surface area contributed by atoms with Gasteiger partial charge in [0.25, 0.3) is 5.91 Å². The molecule has 1 aliphatic rings. The molecule has 0 saturated heterocycles. The van der Waals surface area contributed by atoms with Gasteiger partial charge in [-0.05, 0) is 47.9 Å². The molecule has 0 unspecified atom stereocenters. The van der Waals surface area contributed by atoms with E-state index in [1.165, 1.54) is 37.7 Å². The molecule has 30 heavy (non-hydrogen) atoms. The van der Waals surface area contributed by atoms with E-state index in [0.717, 1.165) is 11.3 Å². The summed E-state index contributed by atoms with van der Waals surface area (Å²) < 4.78 is 1.81. The number of carbonyl (C=O) groups is 1. The van der Waals surface area contributed by atoms with E-state index >= 15 is 0 Å². The van der Waals surface area contributed by atoms with Crippen LogP contribution in [0.25, 0.3) is 11.7 Å². The predicted molar refractivity (Wildman–Crippen MR) is 122 cm³/mol. The molecule has 156 valence electrons. The van der Waals surface area contributed by atoms with E-state index in [9.17, 15) is 4.79 Å². The van der Waals surface area contributed by atoms with Gasteiger partial charge < -0.3 is 5.32 Å². The first-order chi connectivity index (χ1) is 14.4. The normalized spacial score (nSPS) is 15.7.